The Kier molecular flexibility index (Phi) is 5.65. The summed E-state index contributed by atoms with van der Waals surface area (Å²) in [5.74, 6) is 1.57. The van der Waals surface area contributed by atoms with E-state index in [2.05, 4.69) is 5.92 Å². The van der Waals surface area contributed by atoms with Gasteiger partial charge in [0.05, 0.1) is 24.1 Å². The second-order valence-corrected chi connectivity index (χ2v) is 7.89. The summed E-state index contributed by atoms with van der Waals surface area (Å²) < 4.78 is 6.85. The summed E-state index contributed by atoms with van der Waals surface area (Å²) in [6.07, 6.45) is 8.93. The number of imide groups is 1. The number of para-hydroxylation sites is 1. The molecule has 6 nitrogen and oxygen atoms in total. The minimum atomic E-state index is -0.386. The van der Waals surface area contributed by atoms with Gasteiger partial charge in [-0.1, -0.05) is 36.3 Å². The van der Waals surface area contributed by atoms with Gasteiger partial charge in [-0.15, -0.1) is 6.42 Å². The summed E-state index contributed by atoms with van der Waals surface area (Å²) in [4.78, 5) is 37.9. The molecule has 2 amide bonds. The van der Waals surface area contributed by atoms with Gasteiger partial charge in [0.15, 0.2) is 0 Å². The lowest BCUT2D eigenvalue weighted by molar-refractivity contribution is -0.122. The lowest BCUT2D eigenvalue weighted by Crippen LogP contribution is -2.28. The molecule has 0 spiro atoms. The number of terminal acetylenes is 1. The fourth-order valence-corrected chi connectivity index (χ4v) is 4.33. The number of carbonyl (C=O) groups is 3. The van der Waals surface area contributed by atoms with E-state index in [1.165, 1.54) is 7.11 Å². The van der Waals surface area contributed by atoms with Crippen molar-refractivity contribution >= 4 is 45.9 Å². The maximum Gasteiger partial charge on any atom is 0.337 e. The van der Waals surface area contributed by atoms with Crippen molar-refractivity contribution in [3.63, 3.8) is 0 Å². The van der Waals surface area contributed by atoms with E-state index in [1.807, 2.05) is 47.2 Å². The molecule has 0 radical (unpaired) electrons. The maximum absolute atomic E-state index is 12.5. The average molecular weight is 430 g/mol. The summed E-state index contributed by atoms with van der Waals surface area (Å²) in [5.41, 5.74) is 3.22. The van der Waals surface area contributed by atoms with E-state index in [4.69, 9.17) is 11.2 Å². The third kappa shape index (κ3) is 3.98. The van der Waals surface area contributed by atoms with E-state index >= 15 is 0 Å². The van der Waals surface area contributed by atoms with E-state index in [1.54, 1.807) is 18.2 Å². The van der Waals surface area contributed by atoms with Crippen LogP contribution in [0.25, 0.3) is 17.0 Å². The first-order valence-corrected chi connectivity index (χ1v) is 10.3. The topological polar surface area (TPSA) is 68.6 Å². The van der Waals surface area contributed by atoms with Crippen LogP contribution in [0, 0.1) is 12.3 Å². The van der Waals surface area contributed by atoms with E-state index in [-0.39, 0.29) is 23.7 Å². The van der Waals surface area contributed by atoms with Crippen molar-refractivity contribution in [2.75, 3.05) is 13.7 Å². The zero-order chi connectivity index (χ0) is 22.0. The van der Waals surface area contributed by atoms with Crippen LogP contribution in [0.4, 0.5) is 4.79 Å². The van der Waals surface area contributed by atoms with Crippen LogP contribution < -0.4 is 0 Å². The second kappa shape index (κ2) is 8.54. The van der Waals surface area contributed by atoms with E-state index in [9.17, 15) is 14.4 Å². The summed E-state index contributed by atoms with van der Waals surface area (Å²) in [6, 6.07) is 15.1. The van der Waals surface area contributed by atoms with Crippen molar-refractivity contribution in [3.8, 4) is 12.3 Å². The van der Waals surface area contributed by atoms with Crippen LogP contribution in [0.2, 0.25) is 0 Å². The molecule has 0 unspecified atom stereocenters. The van der Waals surface area contributed by atoms with Gasteiger partial charge in [0.25, 0.3) is 11.1 Å². The second-order valence-electron chi connectivity index (χ2n) is 6.89. The van der Waals surface area contributed by atoms with Crippen LogP contribution in [0.1, 0.15) is 21.5 Å². The molecular formula is C24H18N2O4S. The molecule has 7 heteroatoms. The summed E-state index contributed by atoms with van der Waals surface area (Å²) in [7, 11) is 1.35. The Hall–Kier alpha value is -3.76. The molecule has 0 saturated carbocycles. The SMILES string of the molecule is C#CCN1C(=O)S/C(=C\c2cn(Cc3cccc(C(=O)OC)c3)c3ccccc23)C1=O. The zero-order valence-corrected chi connectivity index (χ0v) is 17.5. The minimum absolute atomic E-state index is 0.0414. The normalized spacial score (nSPS) is 15.0. The predicted molar refractivity (Wildman–Crippen MR) is 120 cm³/mol. The van der Waals surface area contributed by atoms with E-state index in [0.29, 0.717) is 17.0 Å². The number of hydrogen-bond donors (Lipinski definition) is 0. The molecule has 0 aliphatic carbocycles. The van der Waals surface area contributed by atoms with Crippen molar-refractivity contribution in [1.29, 1.82) is 0 Å². The average Bonchev–Trinajstić information content (AvgIpc) is 3.26. The van der Waals surface area contributed by atoms with Gasteiger partial charge >= 0.3 is 5.97 Å². The number of rotatable bonds is 5. The molecule has 31 heavy (non-hydrogen) atoms. The van der Waals surface area contributed by atoms with Crippen LogP contribution in [0.5, 0.6) is 0 Å². The van der Waals surface area contributed by atoms with Crippen LogP contribution in [-0.4, -0.2) is 40.2 Å². The molecular weight excluding hydrogens is 412 g/mol. The zero-order valence-electron chi connectivity index (χ0n) is 16.7. The molecule has 2 heterocycles. The Labute approximate surface area is 183 Å². The molecule has 1 aromatic heterocycles. The number of fused-ring (bicyclic) bond motifs is 1. The van der Waals surface area contributed by atoms with Crippen molar-refractivity contribution in [2.24, 2.45) is 0 Å². The highest BCUT2D eigenvalue weighted by Gasteiger charge is 2.34. The molecule has 1 aliphatic heterocycles. The Bertz CT molecular complexity index is 1280. The van der Waals surface area contributed by atoms with Crippen molar-refractivity contribution < 1.29 is 19.1 Å². The molecule has 2 aromatic carbocycles. The number of amides is 2. The van der Waals surface area contributed by atoms with Gasteiger partial charge in [-0.25, -0.2) is 4.79 Å². The lowest BCUT2D eigenvalue weighted by Gasteiger charge is -2.07. The molecule has 1 aliphatic rings. The first kappa shape index (κ1) is 20.5. The van der Waals surface area contributed by atoms with Gasteiger partial charge in [-0.3, -0.25) is 14.5 Å². The maximum atomic E-state index is 12.5. The number of hydrogen-bond acceptors (Lipinski definition) is 5. The predicted octanol–water partition coefficient (Wildman–Crippen LogP) is 4.15. The lowest BCUT2D eigenvalue weighted by atomic mass is 10.1. The monoisotopic (exact) mass is 430 g/mol. The van der Waals surface area contributed by atoms with Crippen molar-refractivity contribution in [2.45, 2.75) is 6.54 Å². The standard InChI is InChI=1S/C24H18N2O4S/c1-3-11-26-22(27)21(31-24(26)29)13-18-15-25(20-10-5-4-9-19(18)20)14-16-7-6-8-17(12-16)23(28)30-2/h1,4-10,12-13,15H,11,14H2,2H3/b21-13-. The summed E-state index contributed by atoms with van der Waals surface area (Å²) in [6.45, 7) is 0.484. The number of methoxy groups -OCH3 is 1. The van der Waals surface area contributed by atoms with Crippen LogP contribution in [0.15, 0.2) is 59.6 Å². The van der Waals surface area contributed by atoms with Crippen LogP contribution in [0.3, 0.4) is 0 Å². The molecule has 0 atom stereocenters. The number of ether oxygens (including phenoxy) is 1. The molecule has 0 N–H and O–H groups in total. The van der Waals surface area contributed by atoms with Gasteiger partial charge in [0.2, 0.25) is 0 Å². The van der Waals surface area contributed by atoms with Crippen molar-refractivity contribution in [3.05, 3.63) is 76.3 Å². The van der Waals surface area contributed by atoms with Gasteiger partial charge in [-0.05, 0) is 41.6 Å². The Morgan fingerprint density at radius 1 is 1.19 bits per heavy atom. The number of esters is 1. The van der Waals surface area contributed by atoms with Gasteiger partial charge < -0.3 is 9.30 Å². The first-order valence-electron chi connectivity index (χ1n) is 9.45. The Morgan fingerprint density at radius 3 is 2.77 bits per heavy atom. The highest BCUT2D eigenvalue weighted by Crippen LogP contribution is 2.34. The Balaban J connectivity index is 1.71. The molecule has 0 bridgehead atoms. The van der Waals surface area contributed by atoms with Crippen molar-refractivity contribution in [1.82, 2.24) is 9.47 Å². The molecule has 4 rings (SSSR count). The third-order valence-corrected chi connectivity index (χ3v) is 5.84. The van der Waals surface area contributed by atoms with Gasteiger partial charge in [0.1, 0.15) is 0 Å². The quantitative estimate of drug-likeness (QED) is 0.346. The molecule has 1 saturated heterocycles. The molecule has 3 aromatic rings. The van der Waals surface area contributed by atoms with E-state index < -0.39 is 0 Å². The largest absolute Gasteiger partial charge is 0.465 e. The molecule has 1 fully saturated rings. The van der Waals surface area contributed by atoms with Crippen LogP contribution in [-0.2, 0) is 16.1 Å². The highest BCUT2D eigenvalue weighted by atomic mass is 32.2. The fourth-order valence-electron chi connectivity index (χ4n) is 3.50. The first-order chi connectivity index (χ1) is 15.0. The molecule has 154 valence electrons. The van der Waals surface area contributed by atoms with Gasteiger partial charge in [0, 0.05) is 29.2 Å². The van der Waals surface area contributed by atoms with Gasteiger partial charge in [-0.2, -0.15) is 0 Å². The summed E-state index contributed by atoms with van der Waals surface area (Å²) in [5, 5.41) is 0.591. The highest BCUT2D eigenvalue weighted by molar-refractivity contribution is 8.18. The summed E-state index contributed by atoms with van der Waals surface area (Å²) >= 11 is 0.888. The Morgan fingerprint density at radius 2 is 2.00 bits per heavy atom. The number of thioether (sulfide) groups is 1. The number of aromatic nitrogens is 1. The fraction of sp³-hybridized carbons (Fsp3) is 0.125. The minimum Gasteiger partial charge on any atom is -0.465 e. The number of benzene rings is 2. The van der Waals surface area contributed by atoms with E-state index in [0.717, 1.165) is 38.7 Å². The third-order valence-electron chi connectivity index (χ3n) is 4.93. The smallest absolute Gasteiger partial charge is 0.337 e. The number of nitrogens with zero attached hydrogens (tertiary/aromatic N) is 2. The van der Waals surface area contributed by atoms with Crippen LogP contribution >= 0.6 is 11.8 Å². The number of carbonyl (C=O) groups excluding carboxylic acids is 3.